The van der Waals surface area contributed by atoms with E-state index in [4.69, 9.17) is 4.98 Å². The van der Waals surface area contributed by atoms with E-state index in [1.807, 2.05) is 0 Å². The summed E-state index contributed by atoms with van der Waals surface area (Å²) in [6, 6.07) is 5.78. The number of aromatic nitrogens is 1. The largest absolute Gasteiger partial charge is 0.357 e. The van der Waals surface area contributed by atoms with Gasteiger partial charge in [0, 0.05) is 30.9 Å². The van der Waals surface area contributed by atoms with Gasteiger partial charge in [0.05, 0.1) is 0 Å². The van der Waals surface area contributed by atoms with E-state index in [2.05, 4.69) is 42.7 Å². The molecule has 0 aromatic carbocycles. The van der Waals surface area contributed by atoms with Crippen molar-refractivity contribution in [2.75, 3.05) is 24.5 Å². The van der Waals surface area contributed by atoms with Gasteiger partial charge in [-0.25, -0.2) is 4.98 Å². The zero-order chi connectivity index (χ0) is 14.1. The molecule has 1 atom stereocenters. The molecular formula is C17H27N3. The number of anilines is 1. The summed E-state index contributed by atoms with van der Waals surface area (Å²) in [6.45, 7) is 10.4. The second-order valence-electron chi connectivity index (χ2n) is 6.53. The maximum absolute atomic E-state index is 4.89. The predicted octanol–water partition coefficient (Wildman–Crippen LogP) is 3.54. The molecule has 2 saturated heterocycles. The lowest BCUT2D eigenvalue weighted by Crippen LogP contribution is -2.30. The van der Waals surface area contributed by atoms with E-state index >= 15 is 0 Å². The Morgan fingerprint density at radius 2 is 1.85 bits per heavy atom. The van der Waals surface area contributed by atoms with Crippen molar-refractivity contribution in [1.29, 1.82) is 0 Å². The molecule has 3 rings (SSSR count). The molecule has 0 spiro atoms. The van der Waals surface area contributed by atoms with E-state index in [0.29, 0.717) is 12.1 Å². The van der Waals surface area contributed by atoms with Crippen LogP contribution in [0, 0.1) is 6.92 Å². The summed E-state index contributed by atoms with van der Waals surface area (Å²) in [5, 5.41) is 0. The first kappa shape index (κ1) is 13.9. The van der Waals surface area contributed by atoms with Crippen LogP contribution in [0.2, 0.25) is 0 Å². The average molecular weight is 273 g/mol. The van der Waals surface area contributed by atoms with E-state index in [1.54, 1.807) is 0 Å². The fourth-order valence-electron chi connectivity index (χ4n) is 3.77. The van der Waals surface area contributed by atoms with E-state index in [9.17, 15) is 0 Å². The first-order chi connectivity index (χ1) is 9.66. The van der Waals surface area contributed by atoms with Crippen LogP contribution in [0.15, 0.2) is 12.1 Å². The fourth-order valence-corrected chi connectivity index (χ4v) is 3.77. The highest BCUT2D eigenvalue weighted by molar-refractivity contribution is 5.43. The third-order valence-corrected chi connectivity index (χ3v) is 4.86. The Balaban J connectivity index is 1.83. The highest BCUT2D eigenvalue weighted by Crippen LogP contribution is 2.35. The Kier molecular flexibility index (Phi) is 3.97. The fraction of sp³-hybridized carbons (Fsp3) is 0.706. The molecule has 1 unspecified atom stereocenters. The van der Waals surface area contributed by atoms with Crippen LogP contribution in [0.1, 0.15) is 56.8 Å². The molecule has 3 heterocycles. The van der Waals surface area contributed by atoms with E-state index in [0.717, 1.165) is 0 Å². The summed E-state index contributed by atoms with van der Waals surface area (Å²) in [5.41, 5.74) is 2.67. The maximum atomic E-state index is 4.89. The smallest absolute Gasteiger partial charge is 0.128 e. The molecule has 2 aliphatic rings. The summed E-state index contributed by atoms with van der Waals surface area (Å²) in [5.74, 6) is 1.18. The van der Waals surface area contributed by atoms with Gasteiger partial charge < -0.3 is 4.90 Å². The Morgan fingerprint density at radius 3 is 2.50 bits per heavy atom. The molecule has 110 valence electrons. The number of likely N-dealkylation sites (tertiary alicyclic amines) is 1. The predicted molar refractivity (Wildman–Crippen MR) is 84.2 cm³/mol. The summed E-state index contributed by atoms with van der Waals surface area (Å²) in [6.07, 6.45) is 5.22. The van der Waals surface area contributed by atoms with Crippen LogP contribution in [0.3, 0.4) is 0 Å². The van der Waals surface area contributed by atoms with Crippen molar-refractivity contribution >= 4 is 5.82 Å². The molecule has 0 N–H and O–H groups in total. The van der Waals surface area contributed by atoms with Crippen molar-refractivity contribution in [2.45, 2.75) is 58.5 Å². The van der Waals surface area contributed by atoms with Gasteiger partial charge in [-0.3, -0.25) is 4.90 Å². The maximum Gasteiger partial charge on any atom is 0.128 e. The number of aryl methyl sites for hydroxylation is 1. The Hall–Kier alpha value is -1.09. The normalized spacial score (nSPS) is 24.0. The molecule has 0 amide bonds. The molecule has 1 aromatic rings. The minimum Gasteiger partial charge on any atom is -0.357 e. The van der Waals surface area contributed by atoms with Gasteiger partial charge in [-0.1, -0.05) is 6.07 Å². The molecule has 2 aliphatic heterocycles. The Labute approximate surface area is 123 Å². The van der Waals surface area contributed by atoms with Crippen molar-refractivity contribution in [1.82, 2.24) is 9.88 Å². The third-order valence-electron chi connectivity index (χ3n) is 4.86. The van der Waals surface area contributed by atoms with Gasteiger partial charge in [0.15, 0.2) is 0 Å². The number of nitrogens with zero attached hydrogens (tertiary/aromatic N) is 3. The topological polar surface area (TPSA) is 19.4 Å². The van der Waals surface area contributed by atoms with Crippen molar-refractivity contribution in [3.8, 4) is 0 Å². The van der Waals surface area contributed by atoms with Gasteiger partial charge in [0.1, 0.15) is 5.82 Å². The molecule has 0 radical (unpaired) electrons. The highest BCUT2D eigenvalue weighted by atomic mass is 15.2. The number of hydrogen-bond acceptors (Lipinski definition) is 3. The lowest BCUT2D eigenvalue weighted by molar-refractivity contribution is 0.204. The average Bonchev–Trinajstić information content (AvgIpc) is 3.10. The minimum atomic E-state index is 0.579. The number of hydrogen-bond donors (Lipinski definition) is 0. The van der Waals surface area contributed by atoms with Crippen LogP contribution in [0.4, 0.5) is 5.82 Å². The van der Waals surface area contributed by atoms with Crippen LogP contribution in [0.5, 0.6) is 0 Å². The third kappa shape index (κ3) is 2.56. The van der Waals surface area contributed by atoms with Gasteiger partial charge in [0.25, 0.3) is 0 Å². The van der Waals surface area contributed by atoms with Crippen LogP contribution < -0.4 is 4.90 Å². The van der Waals surface area contributed by atoms with Crippen molar-refractivity contribution in [3.05, 3.63) is 23.4 Å². The van der Waals surface area contributed by atoms with Gasteiger partial charge in [-0.05, 0) is 64.6 Å². The zero-order valence-electron chi connectivity index (χ0n) is 13.1. The van der Waals surface area contributed by atoms with Gasteiger partial charge in [0.2, 0.25) is 0 Å². The van der Waals surface area contributed by atoms with Crippen molar-refractivity contribution < 1.29 is 0 Å². The monoisotopic (exact) mass is 273 g/mol. The van der Waals surface area contributed by atoms with E-state index < -0.39 is 0 Å². The van der Waals surface area contributed by atoms with Crippen LogP contribution in [0.25, 0.3) is 0 Å². The molecule has 3 heteroatoms. The highest BCUT2D eigenvalue weighted by Gasteiger charge is 2.29. The van der Waals surface area contributed by atoms with Gasteiger partial charge in [-0.2, -0.15) is 0 Å². The van der Waals surface area contributed by atoms with Crippen molar-refractivity contribution in [3.63, 3.8) is 0 Å². The summed E-state index contributed by atoms with van der Waals surface area (Å²) in [4.78, 5) is 9.94. The first-order valence-corrected chi connectivity index (χ1v) is 8.15. The van der Waals surface area contributed by atoms with Crippen LogP contribution in [-0.2, 0) is 0 Å². The molecule has 2 fully saturated rings. The second-order valence-corrected chi connectivity index (χ2v) is 6.53. The Bertz CT molecular complexity index is 463. The second kappa shape index (κ2) is 5.72. The van der Waals surface area contributed by atoms with Crippen LogP contribution in [-0.4, -0.2) is 35.6 Å². The molecule has 0 bridgehead atoms. The van der Waals surface area contributed by atoms with Gasteiger partial charge in [-0.15, -0.1) is 0 Å². The van der Waals surface area contributed by atoms with E-state index in [1.165, 1.54) is 62.4 Å². The molecule has 1 aromatic heterocycles. The number of pyridine rings is 1. The molecular weight excluding hydrogens is 246 g/mol. The standard InChI is InChI=1S/C17H27N3/c1-13(2)20-12-6-7-16(20)15-8-9-17(18-14(15)3)19-10-4-5-11-19/h8-9,13,16H,4-7,10-12H2,1-3H3. The lowest BCUT2D eigenvalue weighted by atomic mass is 10.0. The molecule has 0 aliphatic carbocycles. The molecule has 20 heavy (non-hydrogen) atoms. The first-order valence-electron chi connectivity index (χ1n) is 8.15. The molecule has 3 nitrogen and oxygen atoms in total. The zero-order valence-corrected chi connectivity index (χ0v) is 13.1. The Morgan fingerprint density at radius 1 is 1.10 bits per heavy atom. The molecule has 0 saturated carbocycles. The summed E-state index contributed by atoms with van der Waals surface area (Å²) in [7, 11) is 0. The van der Waals surface area contributed by atoms with Crippen LogP contribution >= 0.6 is 0 Å². The summed E-state index contributed by atoms with van der Waals surface area (Å²) >= 11 is 0. The quantitative estimate of drug-likeness (QED) is 0.840. The van der Waals surface area contributed by atoms with Crippen molar-refractivity contribution in [2.24, 2.45) is 0 Å². The lowest BCUT2D eigenvalue weighted by Gasteiger charge is -2.29. The number of rotatable bonds is 3. The van der Waals surface area contributed by atoms with Gasteiger partial charge >= 0.3 is 0 Å². The SMILES string of the molecule is Cc1nc(N2CCCC2)ccc1C1CCCN1C(C)C. The summed E-state index contributed by atoms with van der Waals surface area (Å²) < 4.78 is 0. The van der Waals surface area contributed by atoms with E-state index in [-0.39, 0.29) is 0 Å². The minimum absolute atomic E-state index is 0.579.